The van der Waals surface area contributed by atoms with Crippen LogP contribution in [0, 0.1) is 0 Å². The van der Waals surface area contributed by atoms with Gasteiger partial charge in [0.2, 0.25) is 0 Å². The fraction of sp³-hybridized carbons (Fsp3) is 0.0517. The highest BCUT2D eigenvalue weighted by Gasteiger charge is 2.50. The molecule has 0 amide bonds. The molecule has 2 heterocycles. The molecule has 1 aliphatic heterocycles. The van der Waals surface area contributed by atoms with E-state index in [1.54, 1.807) is 0 Å². The number of nitrogens with zero attached hydrogens (tertiary/aromatic N) is 2. The summed E-state index contributed by atoms with van der Waals surface area (Å²) in [6.07, 6.45) is 0. The van der Waals surface area contributed by atoms with Crippen LogP contribution < -0.4 is 5.32 Å². The predicted octanol–water partition coefficient (Wildman–Crippen LogP) is 13.8. The van der Waals surface area contributed by atoms with Crippen LogP contribution in [0.3, 0.4) is 0 Å². The Hall–Kier alpha value is -7.75. The third-order valence-electron chi connectivity index (χ3n) is 13.7. The standard InChI is InChI=1S/C58H39N3/c1-35(60-56(37-15-4-3-5-16-37)55(59-2)39-30-31-40-44-21-12-17-36-18-13-22-45(54(36)44)47(40)33-39)38-29-32-42-41-19-6-8-24-48(41)58(51(42)34-38)49-25-9-11-28-53(49)61-52-27-10-7-20-43(52)46-23-14-26-50(58)57(46)61/h3-34,59H,1-2H3/b56-55-,60-35?. The van der Waals surface area contributed by atoms with Crippen molar-refractivity contribution in [1.29, 1.82) is 0 Å². The van der Waals surface area contributed by atoms with E-state index in [9.17, 15) is 0 Å². The largest absolute Gasteiger partial charge is 0.386 e. The molecule has 3 heteroatoms. The predicted molar refractivity (Wildman–Crippen MR) is 255 cm³/mol. The van der Waals surface area contributed by atoms with E-state index in [-0.39, 0.29) is 0 Å². The van der Waals surface area contributed by atoms with E-state index < -0.39 is 5.41 Å². The van der Waals surface area contributed by atoms with Crippen LogP contribution >= 0.6 is 0 Å². The maximum absolute atomic E-state index is 5.62. The van der Waals surface area contributed by atoms with Crippen molar-refractivity contribution in [2.24, 2.45) is 4.99 Å². The molecule has 0 fully saturated rings. The highest BCUT2D eigenvalue weighted by Crippen LogP contribution is 2.61. The fourth-order valence-corrected chi connectivity index (χ4v) is 11.2. The summed E-state index contributed by atoms with van der Waals surface area (Å²) in [7, 11) is 2.02. The zero-order valence-corrected chi connectivity index (χ0v) is 33.9. The van der Waals surface area contributed by atoms with Crippen LogP contribution in [0.15, 0.2) is 199 Å². The number of rotatable bonds is 5. The van der Waals surface area contributed by atoms with Crippen LogP contribution in [0.2, 0.25) is 0 Å². The Bertz CT molecular complexity index is 3580. The summed E-state index contributed by atoms with van der Waals surface area (Å²) in [4.78, 5) is 5.62. The third kappa shape index (κ3) is 4.50. The van der Waals surface area contributed by atoms with Gasteiger partial charge in [0.1, 0.15) is 0 Å². The Morgan fingerprint density at radius 1 is 0.475 bits per heavy atom. The number of fused-ring (bicyclic) bond motifs is 15. The van der Waals surface area contributed by atoms with Crippen LogP contribution in [0.5, 0.6) is 0 Å². The second kappa shape index (κ2) is 12.6. The van der Waals surface area contributed by atoms with Crippen molar-refractivity contribution in [2.75, 3.05) is 7.05 Å². The van der Waals surface area contributed by atoms with Gasteiger partial charge in [0.05, 0.1) is 33.5 Å². The molecule has 9 aromatic carbocycles. The number of aliphatic imine (C=N–C) groups is 1. The van der Waals surface area contributed by atoms with Gasteiger partial charge in [-0.05, 0) is 103 Å². The number of aromatic nitrogens is 1. The van der Waals surface area contributed by atoms with Crippen molar-refractivity contribution in [3.8, 4) is 39.1 Å². The molecule has 0 saturated heterocycles. The quantitative estimate of drug-likeness (QED) is 0.137. The molecule has 2 aliphatic carbocycles. The number of hydrogen-bond donors (Lipinski definition) is 1. The van der Waals surface area contributed by atoms with Crippen molar-refractivity contribution in [2.45, 2.75) is 12.3 Å². The average Bonchev–Trinajstić information content (AvgIpc) is 3.94. The van der Waals surface area contributed by atoms with Gasteiger partial charge < -0.3 is 9.88 Å². The van der Waals surface area contributed by atoms with Gasteiger partial charge in [0.25, 0.3) is 0 Å². The molecule has 0 bridgehead atoms. The summed E-state index contributed by atoms with van der Waals surface area (Å²) in [6, 6.07) is 71.7. The number of benzene rings is 9. The first-order valence-corrected chi connectivity index (χ1v) is 21.2. The minimum atomic E-state index is -0.526. The maximum atomic E-state index is 5.62. The Morgan fingerprint density at radius 3 is 1.97 bits per heavy atom. The van der Waals surface area contributed by atoms with E-state index in [2.05, 4.69) is 211 Å². The Labute approximate surface area is 354 Å². The molecule has 10 aromatic rings. The second-order valence-corrected chi connectivity index (χ2v) is 16.6. The van der Waals surface area contributed by atoms with Gasteiger partial charge in [0.15, 0.2) is 0 Å². The van der Waals surface area contributed by atoms with Gasteiger partial charge in [0, 0.05) is 34.7 Å². The lowest BCUT2D eigenvalue weighted by Crippen LogP contribution is -2.33. The van der Waals surface area contributed by atoms with Crippen LogP contribution in [0.25, 0.3) is 83.0 Å². The lowest BCUT2D eigenvalue weighted by Gasteiger charge is -2.39. The van der Waals surface area contributed by atoms with Crippen molar-refractivity contribution in [1.82, 2.24) is 9.88 Å². The first-order chi connectivity index (χ1) is 30.1. The van der Waals surface area contributed by atoms with Gasteiger partial charge in [-0.2, -0.15) is 0 Å². The SMILES string of the molecule is CN/C(=C(\N=C(C)c1ccc2c(c1)C1(c3ccccc3-2)c2ccccc2-n2c3ccccc3c3cccc1c32)c1ccccc1)c1ccc2c(c1)-c1cccc3cccc-2c13. The fourth-order valence-electron chi connectivity index (χ4n) is 11.2. The van der Waals surface area contributed by atoms with Gasteiger partial charge in [-0.3, -0.25) is 4.99 Å². The van der Waals surface area contributed by atoms with E-state index in [1.165, 1.54) is 93.9 Å². The van der Waals surface area contributed by atoms with E-state index in [1.807, 2.05) is 7.05 Å². The summed E-state index contributed by atoms with van der Waals surface area (Å²) in [5.74, 6) is 0. The van der Waals surface area contributed by atoms with Crippen molar-refractivity contribution < 1.29 is 0 Å². The molecule has 3 aliphatic rings. The Balaban J connectivity index is 1.03. The molecule has 61 heavy (non-hydrogen) atoms. The van der Waals surface area contributed by atoms with Crippen LogP contribution in [-0.2, 0) is 5.41 Å². The monoisotopic (exact) mass is 777 g/mol. The summed E-state index contributed by atoms with van der Waals surface area (Å²) in [6.45, 7) is 2.17. The molecule has 3 nitrogen and oxygen atoms in total. The number of nitrogens with one attached hydrogen (secondary N) is 1. The van der Waals surface area contributed by atoms with Crippen molar-refractivity contribution in [3.05, 3.63) is 233 Å². The molecule has 1 aromatic heterocycles. The number of para-hydroxylation sites is 3. The van der Waals surface area contributed by atoms with Crippen LogP contribution in [0.1, 0.15) is 45.9 Å². The van der Waals surface area contributed by atoms with Crippen LogP contribution in [0.4, 0.5) is 0 Å². The third-order valence-corrected chi connectivity index (χ3v) is 13.7. The van der Waals surface area contributed by atoms with Crippen molar-refractivity contribution >= 4 is 49.7 Å². The van der Waals surface area contributed by atoms with E-state index in [0.717, 1.165) is 33.8 Å². The van der Waals surface area contributed by atoms with Gasteiger partial charge in [-0.15, -0.1) is 0 Å². The molecule has 1 spiro atoms. The minimum absolute atomic E-state index is 0.526. The molecular formula is C58H39N3. The molecule has 1 unspecified atom stereocenters. The first kappa shape index (κ1) is 34.1. The minimum Gasteiger partial charge on any atom is -0.386 e. The first-order valence-electron chi connectivity index (χ1n) is 21.2. The molecule has 0 radical (unpaired) electrons. The smallest absolute Gasteiger partial charge is 0.0942 e. The van der Waals surface area contributed by atoms with E-state index in [4.69, 9.17) is 4.99 Å². The highest BCUT2D eigenvalue weighted by atomic mass is 15.0. The summed E-state index contributed by atoms with van der Waals surface area (Å²) in [5.41, 5.74) is 22.2. The summed E-state index contributed by atoms with van der Waals surface area (Å²) >= 11 is 0. The average molecular weight is 778 g/mol. The van der Waals surface area contributed by atoms with E-state index >= 15 is 0 Å². The zero-order chi connectivity index (χ0) is 40.4. The van der Waals surface area contributed by atoms with Gasteiger partial charge in [-0.1, -0.05) is 170 Å². The molecule has 13 rings (SSSR count). The molecule has 1 atom stereocenters. The second-order valence-electron chi connectivity index (χ2n) is 16.6. The molecular weight excluding hydrogens is 739 g/mol. The Morgan fingerprint density at radius 2 is 1.11 bits per heavy atom. The van der Waals surface area contributed by atoms with Gasteiger partial charge in [-0.25, -0.2) is 0 Å². The lowest BCUT2D eigenvalue weighted by molar-refractivity contribution is 0.748. The summed E-state index contributed by atoms with van der Waals surface area (Å²) in [5, 5.41) is 8.79. The topological polar surface area (TPSA) is 29.3 Å². The van der Waals surface area contributed by atoms with E-state index in [0.29, 0.717) is 0 Å². The van der Waals surface area contributed by atoms with Gasteiger partial charge >= 0.3 is 0 Å². The molecule has 286 valence electrons. The normalized spacial score (nSPS) is 15.8. The Kier molecular flexibility index (Phi) is 7.07. The summed E-state index contributed by atoms with van der Waals surface area (Å²) < 4.78 is 2.51. The molecule has 1 N–H and O–H groups in total. The van der Waals surface area contributed by atoms with Crippen molar-refractivity contribution in [3.63, 3.8) is 0 Å². The maximum Gasteiger partial charge on any atom is 0.0942 e. The number of hydrogen-bond acceptors (Lipinski definition) is 2. The van der Waals surface area contributed by atoms with Crippen LogP contribution in [-0.4, -0.2) is 17.3 Å². The highest BCUT2D eigenvalue weighted by molar-refractivity contribution is 6.16. The molecule has 0 saturated carbocycles. The zero-order valence-electron chi connectivity index (χ0n) is 33.9. The lowest BCUT2D eigenvalue weighted by atomic mass is 9.65.